The van der Waals surface area contributed by atoms with Gasteiger partial charge in [0.25, 0.3) is 0 Å². The molecule has 2 aliphatic rings. The fourth-order valence-corrected chi connectivity index (χ4v) is 3.04. The van der Waals surface area contributed by atoms with Gasteiger partial charge in [-0.25, -0.2) is 0 Å². The highest BCUT2D eigenvalue weighted by molar-refractivity contribution is 5.73. The summed E-state index contributed by atoms with van der Waals surface area (Å²) in [4.78, 5) is 11.2. The first-order chi connectivity index (χ1) is 8.13. The Morgan fingerprint density at radius 1 is 1.59 bits per heavy atom. The molecule has 4 atom stereocenters. The van der Waals surface area contributed by atoms with Crippen molar-refractivity contribution in [2.75, 3.05) is 19.7 Å². The highest BCUT2D eigenvalue weighted by Crippen LogP contribution is 2.30. The van der Waals surface area contributed by atoms with Gasteiger partial charge >= 0.3 is 0 Å². The molecule has 2 aliphatic heterocycles. The molecule has 98 valence electrons. The van der Waals surface area contributed by atoms with Crippen LogP contribution in [0, 0.1) is 5.92 Å². The van der Waals surface area contributed by atoms with Crippen LogP contribution >= 0.6 is 0 Å². The van der Waals surface area contributed by atoms with Gasteiger partial charge in [-0.1, -0.05) is 0 Å². The van der Waals surface area contributed by atoms with Gasteiger partial charge in [0.15, 0.2) is 0 Å². The van der Waals surface area contributed by atoms with Crippen LogP contribution in [0.5, 0.6) is 0 Å². The van der Waals surface area contributed by atoms with Crippen LogP contribution in [0.3, 0.4) is 0 Å². The molecule has 6 heteroatoms. The van der Waals surface area contributed by atoms with E-state index < -0.39 is 0 Å². The molecule has 0 aromatic carbocycles. The van der Waals surface area contributed by atoms with E-state index in [2.05, 4.69) is 10.6 Å². The second kappa shape index (κ2) is 5.30. The van der Waals surface area contributed by atoms with E-state index in [0.29, 0.717) is 12.3 Å². The van der Waals surface area contributed by atoms with Crippen molar-refractivity contribution in [2.45, 2.75) is 37.9 Å². The lowest BCUT2D eigenvalue weighted by Gasteiger charge is -2.30. The normalized spacial score (nSPS) is 38.5. The third-order valence-corrected chi connectivity index (χ3v) is 3.80. The van der Waals surface area contributed by atoms with Gasteiger partial charge in [-0.2, -0.15) is 5.06 Å². The Hall–Kier alpha value is -0.690. The Labute approximate surface area is 101 Å². The van der Waals surface area contributed by atoms with Crippen molar-refractivity contribution in [3.8, 4) is 0 Å². The second-order valence-corrected chi connectivity index (χ2v) is 5.00. The van der Waals surface area contributed by atoms with Crippen molar-refractivity contribution in [1.82, 2.24) is 15.7 Å². The van der Waals surface area contributed by atoms with E-state index in [4.69, 9.17) is 0 Å². The Bertz CT molecular complexity index is 281. The predicted octanol–water partition coefficient (Wildman–Crippen LogP) is -1.07. The van der Waals surface area contributed by atoms with Crippen LogP contribution < -0.4 is 10.6 Å². The number of hydrogen-bond acceptors (Lipinski definition) is 5. The first kappa shape index (κ1) is 12.8. The third kappa shape index (κ3) is 2.60. The van der Waals surface area contributed by atoms with Crippen LogP contribution in [0.2, 0.25) is 0 Å². The predicted molar refractivity (Wildman–Crippen MR) is 61.5 cm³/mol. The van der Waals surface area contributed by atoms with Crippen LogP contribution in [0.15, 0.2) is 0 Å². The van der Waals surface area contributed by atoms with Crippen molar-refractivity contribution >= 4 is 5.91 Å². The molecule has 2 rings (SSSR count). The van der Waals surface area contributed by atoms with E-state index >= 15 is 0 Å². The van der Waals surface area contributed by atoms with Crippen LogP contribution in [-0.2, 0) is 4.79 Å². The summed E-state index contributed by atoms with van der Waals surface area (Å²) in [7, 11) is 0. The Morgan fingerprint density at radius 3 is 2.88 bits per heavy atom. The minimum Gasteiger partial charge on any atom is -0.395 e. The minimum absolute atomic E-state index is 0.0699. The standard InChI is InChI=1S/C11H21N3O3/c1-7(16)13-10-4-9(6-15)14(17)11(10)8-2-3-12-5-8/h8-12,15,17H,2-6H2,1H3,(H,13,16)/t8-,9+,10+,11?/m1/s1. The van der Waals surface area contributed by atoms with Gasteiger partial charge < -0.3 is 20.9 Å². The van der Waals surface area contributed by atoms with Gasteiger partial charge in [0.05, 0.1) is 18.7 Å². The maximum atomic E-state index is 11.2. The summed E-state index contributed by atoms with van der Waals surface area (Å²) in [5.41, 5.74) is 0. The Balaban J connectivity index is 2.08. The van der Waals surface area contributed by atoms with E-state index in [1.165, 1.54) is 12.0 Å². The maximum absolute atomic E-state index is 11.2. The summed E-state index contributed by atoms with van der Waals surface area (Å²) >= 11 is 0. The molecule has 17 heavy (non-hydrogen) atoms. The molecule has 0 saturated carbocycles. The number of amides is 1. The molecular formula is C11H21N3O3. The molecule has 2 fully saturated rings. The smallest absolute Gasteiger partial charge is 0.217 e. The number of carbonyl (C=O) groups is 1. The van der Waals surface area contributed by atoms with E-state index in [1.54, 1.807) is 0 Å². The summed E-state index contributed by atoms with van der Waals surface area (Å²) < 4.78 is 0. The molecular weight excluding hydrogens is 222 g/mol. The number of nitrogens with zero attached hydrogens (tertiary/aromatic N) is 1. The molecule has 6 nitrogen and oxygen atoms in total. The topological polar surface area (TPSA) is 84.8 Å². The second-order valence-electron chi connectivity index (χ2n) is 5.00. The van der Waals surface area contributed by atoms with Gasteiger partial charge in [0, 0.05) is 13.0 Å². The zero-order valence-corrected chi connectivity index (χ0v) is 10.1. The average Bonchev–Trinajstić information content (AvgIpc) is 2.85. The highest BCUT2D eigenvalue weighted by Gasteiger charge is 2.45. The number of aliphatic hydroxyl groups is 1. The molecule has 0 spiro atoms. The monoisotopic (exact) mass is 243 g/mol. The fraction of sp³-hybridized carbons (Fsp3) is 0.909. The lowest BCUT2D eigenvalue weighted by Crippen LogP contribution is -2.48. The van der Waals surface area contributed by atoms with Gasteiger partial charge in [-0.3, -0.25) is 4.79 Å². The maximum Gasteiger partial charge on any atom is 0.217 e. The van der Waals surface area contributed by atoms with Crippen molar-refractivity contribution < 1.29 is 15.1 Å². The van der Waals surface area contributed by atoms with Crippen molar-refractivity contribution in [3.63, 3.8) is 0 Å². The Kier molecular flexibility index (Phi) is 3.98. The molecule has 2 heterocycles. The summed E-state index contributed by atoms with van der Waals surface area (Å²) in [6, 6.07) is -0.428. The van der Waals surface area contributed by atoms with Crippen molar-refractivity contribution in [1.29, 1.82) is 0 Å². The van der Waals surface area contributed by atoms with E-state index in [0.717, 1.165) is 19.5 Å². The lowest BCUT2D eigenvalue weighted by molar-refractivity contribution is -0.155. The minimum atomic E-state index is -0.266. The number of carbonyl (C=O) groups excluding carboxylic acids is 1. The van der Waals surface area contributed by atoms with Crippen LogP contribution in [-0.4, -0.2) is 59.1 Å². The largest absolute Gasteiger partial charge is 0.395 e. The molecule has 0 radical (unpaired) electrons. The Morgan fingerprint density at radius 2 is 2.35 bits per heavy atom. The van der Waals surface area contributed by atoms with Crippen LogP contribution in [0.4, 0.5) is 0 Å². The zero-order chi connectivity index (χ0) is 12.4. The molecule has 0 bridgehead atoms. The van der Waals surface area contributed by atoms with Gasteiger partial charge in [-0.15, -0.1) is 0 Å². The highest BCUT2D eigenvalue weighted by atomic mass is 16.5. The fourth-order valence-electron chi connectivity index (χ4n) is 3.04. The lowest BCUT2D eigenvalue weighted by atomic mass is 9.93. The number of aliphatic hydroxyl groups excluding tert-OH is 1. The summed E-state index contributed by atoms with van der Waals surface area (Å²) in [5, 5.41) is 26.7. The number of hydroxylamine groups is 2. The molecule has 2 saturated heterocycles. The third-order valence-electron chi connectivity index (χ3n) is 3.80. The molecule has 0 aromatic heterocycles. The van der Waals surface area contributed by atoms with Gasteiger partial charge in [0.2, 0.25) is 5.91 Å². The molecule has 0 aromatic rings. The molecule has 1 unspecified atom stereocenters. The SMILES string of the molecule is CC(=O)N[C@H]1C[C@@H](CO)N(O)C1[C@@H]1CCNC1. The van der Waals surface area contributed by atoms with Crippen molar-refractivity contribution in [3.05, 3.63) is 0 Å². The van der Waals surface area contributed by atoms with Crippen molar-refractivity contribution in [2.24, 2.45) is 5.92 Å². The van der Waals surface area contributed by atoms with Crippen LogP contribution in [0.1, 0.15) is 19.8 Å². The summed E-state index contributed by atoms with van der Waals surface area (Å²) in [5.74, 6) is 0.242. The molecule has 1 amide bonds. The zero-order valence-electron chi connectivity index (χ0n) is 10.1. The van der Waals surface area contributed by atoms with E-state index in [1.807, 2.05) is 0 Å². The van der Waals surface area contributed by atoms with E-state index in [9.17, 15) is 15.1 Å². The van der Waals surface area contributed by atoms with Gasteiger partial charge in [-0.05, 0) is 31.8 Å². The average molecular weight is 243 g/mol. The number of hydrogen-bond donors (Lipinski definition) is 4. The van der Waals surface area contributed by atoms with Gasteiger partial charge in [0.1, 0.15) is 0 Å². The molecule has 0 aliphatic carbocycles. The first-order valence-electron chi connectivity index (χ1n) is 6.19. The summed E-state index contributed by atoms with van der Waals surface area (Å²) in [6.07, 6.45) is 1.60. The number of nitrogens with one attached hydrogen (secondary N) is 2. The van der Waals surface area contributed by atoms with Crippen LogP contribution in [0.25, 0.3) is 0 Å². The quantitative estimate of drug-likeness (QED) is 0.507. The first-order valence-corrected chi connectivity index (χ1v) is 6.19. The summed E-state index contributed by atoms with van der Waals surface area (Å²) in [6.45, 7) is 3.21. The van der Waals surface area contributed by atoms with E-state index in [-0.39, 0.29) is 30.6 Å². The molecule has 4 N–H and O–H groups in total. The number of rotatable bonds is 3.